The minimum Gasteiger partial charge on any atom is -0.354 e. The van der Waals surface area contributed by atoms with Gasteiger partial charge in [-0.2, -0.15) is 4.31 Å². The van der Waals surface area contributed by atoms with Crippen molar-refractivity contribution in [2.75, 3.05) is 38.0 Å². The van der Waals surface area contributed by atoms with E-state index in [0.717, 1.165) is 4.31 Å². The summed E-state index contributed by atoms with van der Waals surface area (Å²) in [6.45, 7) is 1.24. The number of piperazine rings is 1. The summed E-state index contributed by atoms with van der Waals surface area (Å²) in [6, 6.07) is 14.6. The lowest BCUT2D eigenvalue weighted by Crippen LogP contribution is -2.49. The van der Waals surface area contributed by atoms with Crippen LogP contribution in [0.1, 0.15) is 23.2 Å². The molecule has 34 heavy (non-hydrogen) atoms. The van der Waals surface area contributed by atoms with Gasteiger partial charge in [0.05, 0.1) is 11.4 Å². The van der Waals surface area contributed by atoms with E-state index in [4.69, 9.17) is 0 Å². The number of benzene rings is 2. The summed E-state index contributed by atoms with van der Waals surface area (Å²) in [6.07, 6.45) is 1.24. The van der Waals surface area contributed by atoms with E-state index < -0.39 is 10.0 Å². The van der Waals surface area contributed by atoms with Gasteiger partial charge in [-0.05, 0) is 49.2 Å². The third kappa shape index (κ3) is 5.54. The first kappa shape index (κ1) is 23.7. The maximum atomic E-state index is 12.9. The Morgan fingerprint density at radius 2 is 1.62 bits per heavy atom. The van der Waals surface area contributed by atoms with Crippen molar-refractivity contribution in [2.45, 2.75) is 23.8 Å². The number of nitrogens with zero attached hydrogens (tertiary/aromatic N) is 2. The molecule has 4 amide bonds. The molecule has 0 atom stereocenters. The number of likely N-dealkylation sites (tertiary alicyclic amines) is 1. The first-order valence-electron chi connectivity index (χ1n) is 11.1. The molecule has 0 radical (unpaired) electrons. The summed E-state index contributed by atoms with van der Waals surface area (Å²) in [5.41, 5.74) is 1.10. The van der Waals surface area contributed by atoms with Crippen molar-refractivity contribution in [1.29, 1.82) is 0 Å². The zero-order valence-electron chi connectivity index (χ0n) is 18.6. The van der Waals surface area contributed by atoms with Crippen LogP contribution in [0, 0.1) is 0 Å². The van der Waals surface area contributed by atoms with Gasteiger partial charge in [0.2, 0.25) is 15.9 Å². The van der Waals surface area contributed by atoms with Crippen LogP contribution in [0.3, 0.4) is 0 Å². The Balaban J connectivity index is 1.30. The average Bonchev–Trinajstić information content (AvgIpc) is 2.85. The predicted molar refractivity (Wildman–Crippen MR) is 126 cm³/mol. The third-order valence-corrected chi connectivity index (χ3v) is 7.75. The van der Waals surface area contributed by atoms with Gasteiger partial charge in [0, 0.05) is 43.5 Å². The smallest absolute Gasteiger partial charge is 0.319 e. The normalized spacial score (nSPS) is 17.6. The number of urea groups is 1. The fourth-order valence-electron chi connectivity index (χ4n) is 4.02. The molecule has 0 spiro atoms. The van der Waals surface area contributed by atoms with Gasteiger partial charge in [-0.25, -0.2) is 13.2 Å². The molecule has 2 heterocycles. The molecule has 10 nitrogen and oxygen atoms in total. The van der Waals surface area contributed by atoms with Crippen LogP contribution in [0.2, 0.25) is 0 Å². The fraction of sp³-hybridized carbons (Fsp3) is 0.348. The van der Waals surface area contributed by atoms with Crippen molar-refractivity contribution in [1.82, 2.24) is 19.8 Å². The lowest BCUT2D eigenvalue weighted by atomic mass is 10.0. The van der Waals surface area contributed by atoms with Gasteiger partial charge in [-0.15, -0.1) is 0 Å². The van der Waals surface area contributed by atoms with Crippen molar-refractivity contribution in [3.05, 3.63) is 60.2 Å². The number of sulfonamides is 1. The summed E-state index contributed by atoms with van der Waals surface area (Å²) in [7, 11) is -3.80. The first-order valence-corrected chi connectivity index (χ1v) is 12.6. The van der Waals surface area contributed by atoms with Crippen LogP contribution in [0.25, 0.3) is 0 Å². The van der Waals surface area contributed by atoms with Crippen molar-refractivity contribution < 1.29 is 22.8 Å². The van der Waals surface area contributed by atoms with E-state index in [1.54, 1.807) is 17.0 Å². The number of carbonyl (C=O) groups excluding carboxylic acids is 3. The molecule has 2 fully saturated rings. The number of piperidine rings is 1. The van der Waals surface area contributed by atoms with Crippen molar-refractivity contribution >= 4 is 33.6 Å². The van der Waals surface area contributed by atoms with Crippen LogP contribution in [0.4, 0.5) is 10.5 Å². The van der Waals surface area contributed by atoms with Crippen LogP contribution in [-0.4, -0.2) is 74.2 Å². The van der Waals surface area contributed by atoms with Crippen molar-refractivity contribution in [3.8, 4) is 0 Å². The zero-order valence-corrected chi connectivity index (χ0v) is 19.4. The molecule has 0 bridgehead atoms. The van der Waals surface area contributed by atoms with Crippen molar-refractivity contribution in [3.63, 3.8) is 0 Å². The Morgan fingerprint density at radius 3 is 2.26 bits per heavy atom. The minimum absolute atomic E-state index is 0.0398. The van der Waals surface area contributed by atoms with Crippen LogP contribution in [-0.2, 0) is 14.8 Å². The van der Waals surface area contributed by atoms with E-state index in [1.165, 1.54) is 24.3 Å². The average molecular weight is 486 g/mol. The second-order valence-corrected chi connectivity index (χ2v) is 10.2. The quantitative estimate of drug-likeness (QED) is 0.587. The highest BCUT2D eigenvalue weighted by Crippen LogP contribution is 2.19. The minimum atomic E-state index is -3.80. The van der Waals surface area contributed by atoms with Gasteiger partial charge in [-0.1, -0.05) is 18.2 Å². The largest absolute Gasteiger partial charge is 0.354 e. The molecule has 180 valence electrons. The first-order chi connectivity index (χ1) is 16.3. The number of carbonyl (C=O) groups is 3. The summed E-state index contributed by atoms with van der Waals surface area (Å²) in [5, 5.41) is 8.32. The van der Waals surface area contributed by atoms with E-state index >= 15 is 0 Å². The van der Waals surface area contributed by atoms with E-state index in [1.807, 2.05) is 18.2 Å². The van der Waals surface area contributed by atoms with Gasteiger partial charge in [0.1, 0.15) is 0 Å². The standard InChI is InChI=1S/C23H27N5O5S/c29-21-16-28(15-12-24-21)34(32,33)20-8-6-17(7-9-20)22(30)27-13-10-19(11-14-27)26-23(31)25-18-4-2-1-3-5-18/h1-9,19H,10-16H2,(H,24,29)(H2,25,26,31). The SMILES string of the molecule is O=C1CN(S(=O)(=O)c2ccc(C(=O)N3CCC(NC(=O)Nc4ccccc4)CC3)cc2)CCN1. The molecule has 0 unspecified atom stereocenters. The molecule has 2 aromatic rings. The second-order valence-electron chi connectivity index (χ2n) is 8.24. The Hall–Kier alpha value is -3.44. The molecule has 2 saturated heterocycles. The molecule has 3 N–H and O–H groups in total. The predicted octanol–water partition coefficient (Wildman–Crippen LogP) is 1.23. The Kier molecular flexibility index (Phi) is 7.13. The molecule has 0 saturated carbocycles. The van der Waals surface area contributed by atoms with Gasteiger partial charge >= 0.3 is 6.03 Å². The molecule has 11 heteroatoms. The Labute approximate surface area is 198 Å². The molecule has 2 aliphatic rings. The van der Waals surface area contributed by atoms with Crippen molar-refractivity contribution in [2.24, 2.45) is 0 Å². The second kappa shape index (κ2) is 10.2. The maximum absolute atomic E-state index is 12.9. The number of anilines is 1. The summed E-state index contributed by atoms with van der Waals surface area (Å²) in [5.74, 6) is -0.523. The third-order valence-electron chi connectivity index (χ3n) is 5.89. The lowest BCUT2D eigenvalue weighted by molar-refractivity contribution is -0.122. The highest BCUT2D eigenvalue weighted by atomic mass is 32.2. The van der Waals surface area contributed by atoms with Crippen LogP contribution in [0.5, 0.6) is 0 Å². The van der Waals surface area contributed by atoms with E-state index in [0.29, 0.717) is 37.2 Å². The number of rotatable bonds is 5. The summed E-state index contributed by atoms with van der Waals surface area (Å²) in [4.78, 5) is 38.4. The maximum Gasteiger partial charge on any atom is 0.319 e. The zero-order chi connectivity index (χ0) is 24.1. The van der Waals surface area contributed by atoms with E-state index in [-0.39, 0.29) is 48.4 Å². The molecule has 0 aliphatic carbocycles. The topological polar surface area (TPSA) is 128 Å². The number of nitrogens with one attached hydrogen (secondary N) is 3. The number of hydrogen-bond acceptors (Lipinski definition) is 5. The molecular weight excluding hydrogens is 458 g/mol. The van der Waals surface area contributed by atoms with Gasteiger partial charge in [0.25, 0.3) is 5.91 Å². The fourth-order valence-corrected chi connectivity index (χ4v) is 5.42. The molecular formula is C23H27N5O5S. The van der Waals surface area contributed by atoms with E-state index in [2.05, 4.69) is 16.0 Å². The summed E-state index contributed by atoms with van der Waals surface area (Å²) >= 11 is 0. The Morgan fingerprint density at radius 1 is 0.941 bits per heavy atom. The highest BCUT2D eigenvalue weighted by Gasteiger charge is 2.30. The molecule has 0 aromatic heterocycles. The Bertz CT molecular complexity index is 1150. The number of para-hydroxylation sites is 1. The van der Waals surface area contributed by atoms with Crippen LogP contribution < -0.4 is 16.0 Å². The van der Waals surface area contributed by atoms with Crippen LogP contribution >= 0.6 is 0 Å². The molecule has 4 rings (SSSR count). The highest BCUT2D eigenvalue weighted by molar-refractivity contribution is 7.89. The number of hydrogen-bond donors (Lipinski definition) is 3. The monoisotopic (exact) mass is 485 g/mol. The molecule has 2 aromatic carbocycles. The van der Waals surface area contributed by atoms with Gasteiger partial charge in [-0.3, -0.25) is 9.59 Å². The number of amides is 4. The summed E-state index contributed by atoms with van der Waals surface area (Å²) < 4.78 is 26.7. The van der Waals surface area contributed by atoms with Crippen LogP contribution in [0.15, 0.2) is 59.5 Å². The van der Waals surface area contributed by atoms with Gasteiger partial charge < -0.3 is 20.9 Å². The van der Waals surface area contributed by atoms with E-state index in [9.17, 15) is 22.8 Å². The van der Waals surface area contributed by atoms with Gasteiger partial charge in [0.15, 0.2) is 0 Å². The lowest BCUT2D eigenvalue weighted by Gasteiger charge is -2.32. The molecule has 2 aliphatic heterocycles.